The van der Waals surface area contributed by atoms with Crippen molar-refractivity contribution in [3.05, 3.63) is 95.3 Å². The summed E-state index contributed by atoms with van der Waals surface area (Å²) in [5, 5.41) is 15.1. The summed E-state index contributed by atoms with van der Waals surface area (Å²) in [6.07, 6.45) is 5.14. The van der Waals surface area contributed by atoms with Gasteiger partial charge in [0.25, 0.3) is 5.91 Å². The maximum Gasteiger partial charge on any atom is 0.256 e. The smallest absolute Gasteiger partial charge is 0.256 e. The number of likely N-dealkylation sites (N-methyl/N-ethyl adjacent to an activating group) is 1. The molecule has 0 atom stereocenters. The first kappa shape index (κ1) is 29.6. The van der Waals surface area contributed by atoms with Crippen LogP contribution in [0.25, 0.3) is 5.69 Å². The molecule has 1 aromatic heterocycles. The summed E-state index contributed by atoms with van der Waals surface area (Å²) in [7, 11) is 2.13. The molecule has 2 fully saturated rings. The molecule has 3 aromatic carbocycles. The van der Waals surface area contributed by atoms with Gasteiger partial charge >= 0.3 is 0 Å². The van der Waals surface area contributed by atoms with Crippen molar-refractivity contribution < 1.29 is 13.6 Å². The van der Waals surface area contributed by atoms with Crippen LogP contribution in [0.2, 0.25) is 0 Å². The van der Waals surface area contributed by atoms with E-state index in [9.17, 15) is 13.6 Å². The molecule has 0 radical (unpaired) electrons. The molecular weight excluding hydrogens is 562 g/mol. The predicted molar refractivity (Wildman–Crippen MR) is 168 cm³/mol. The van der Waals surface area contributed by atoms with E-state index in [1.54, 1.807) is 4.68 Å². The van der Waals surface area contributed by atoms with Gasteiger partial charge in [-0.25, -0.2) is 13.5 Å². The summed E-state index contributed by atoms with van der Waals surface area (Å²) in [6, 6.07) is 17.2. The standard InChI is InChI=1S/C33H38F2N8O/c1-40-12-14-41(15-13-40)32-9-8-27(20-31(32)33(44)42-10-3-2-4-11-42)37-22-29-23-43(39-38-29)30-7-5-6-24(16-30)21-36-28-18-25(34)17-26(35)19-28/h5-9,16-20,23,36-37H,2-4,10-15,21-22H2,1H3. The van der Waals surface area contributed by atoms with Gasteiger partial charge in [-0.2, -0.15) is 0 Å². The normalized spacial score (nSPS) is 15.8. The lowest BCUT2D eigenvalue weighted by Crippen LogP contribution is -2.45. The highest BCUT2D eigenvalue weighted by Crippen LogP contribution is 2.28. The lowest BCUT2D eigenvalue weighted by atomic mass is 10.1. The fourth-order valence-electron chi connectivity index (χ4n) is 5.77. The van der Waals surface area contributed by atoms with Gasteiger partial charge in [-0.3, -0.25) is 4.79 Å². The molecule has 0 saturated carbocycles. The maximum absolute atomic E-state index is 13.7. The SMILES string of the molecule is CN1CCN(c2ccc(NCc3cn(-c4cccc(CNc5cc(F)cc(F)c5)c4)nn3)cc2C(=O)N2CCCCC2)CC1. The number of piperidine rings is 1. The Labute approximate surface area is 256 Å². The molecule has 2 N–H and O–H groups in total. The van der Waals surface area contributed by atoms with Crippen LogP contribution < -0.4 is 15.5 Å². The Bertz CT molecular complexity index is 1570. The van der Waals surface area contributed by atoms with Crippen LogP contribution in [0.1, 0.15) is 40.9 Å². The van der Waals surface area contributed by atoms with E-state index in [0.29, 0.717) is 18.8 Å². The van der Waals surface area contributed by atoms with E-state index < -0.39 is 11.6 Å². The number of carbonyl (C=O) groups is 1. The lowest BCUT2D eigenvalue weighted by Gasteiger charge is -2.36. The zero-order valence-corrected chi connectivity index (χ0v) is 25.0. The third-order valence-electron chi connectivity index (χ3n) is 8.26. The quantitative estimate of drug-likeness (QED) is 0.275. The fraction of sp³-hybridized carbons (Fsp3) is 0.364. The summed E-state index contributed by atoms with van der Waals surface area (Å²) in [6.45, 7) is 6.18. The van der Waals surface area contributed by atoms with Crippen LogP contribution in [0.3, 0.4) is 0 Å². The Morgan fingerprint density at radius 1 is 0.818 bits per heavy atom. The largest absolute Gasteiger partial charge is 0.381 e. The molecule has 0 bridgehead atoms. The molecular formula is C33H38F2N8O. The number of nitrogens with one attached hydrogen (secondary N) is 2. The number of rotatable bonds is 9. The number of hydrogen-bond acceptors (Lipinski definition) is 7. The lowest BCUT2D eigenvalue weighted by molar-refractivity contribution is 0.0725. The van der Waals surface area contributed by atoms with Crippen molar-refractivity contribution in [3.63, 3.8) is 0 Å². The Morgan fingerprint density at radius 2 is 1.57 bits per heavy atom. The summed E-state index contributed by atoms with van der Waals surface area (Å²) in [5.74, 6) is -1.15. The van der Waals surface area contributed by atoms with Gasteiger partial charge in [0, 0.05) is 68.9 Å². The molecule has 6 rings (SSSR count). The van der Waals surface area contributed by atoms with Crippen LogP contribution in [-0.2, 0) is 13.1 Å². The highest BCUT2D eigenvalue weighted by molar-refractivity contribution is 6.01. The van der Waals surface area contributed by atoms with Crippen molar-refractivity contribution in [1.82, 2.24) is 24.8 Å². The van der Waals surface area contributed by atoms with Crippen LogP contribution in [-0.4, -0.2) is 77.0 Å². The van der Waals surface area contributed by atoms with E-state index in [0.717, 1.165) is 92.1 Å². The van der Waals surface area contributed by atoms with Gasteiger partial charge in [0.1, 0.15) is 17.3 Å². The first-order valence-electron chi connectivity index (χ1n) is 15.2. The molecule has 0 spiro atoms. The van der Waals surface area contributed by atoms with Crippen LogP contribution in [0.5, 0.6) is 0 Å². The van der Waals surface area contributed by atoms with E-state index in [4.69, 9.17) is 0 Å². The van der Waals surface area contributed by atoms with E-state index >= 15 is 0 Å². The van der Waals surface area contributed by atoms with Gasteiger partial charge in [0.2, 0.25) is 0 Å². The molecule has 2 saturated heterocycles. The third-order valence-corrected chi connectivity index (χ3v) is 8.26. The molecule has 0 aliphatic carbocycles. The van der Waals surface area contributed by atoms with Gasteiger partial charge < -0.3 is 25.3 Å². The first-order valence-corrected chi connectivity index (χ1v) is 15.2. The number of halogens is 2. The molecule has 230 valence electrons. The number of benzene rings is 3. The highest BCUT2D eigenvalue weighted by Gasteiger charge is 2.25. The second kappa shape index (κ2) is 13.4. The second-order valence-corrected chi connectivity index (χ2v) is 11.6. The average molecular weight is 601 g/mol. The average Bonchev–Trinajstić information content (AvgIpc) is 3.52. The molecule has 44 heavy (non-hydrogen) atoms. The van der Waals surface area contributed by atoms with Gasteiger partial charge in [-0.1, -0.05) is 17.3 Å². The summed E-state index contributed by atoms with van der Waals surface area (Å²) < 4.78 is 28.8. The molecule has 11 heteroatoms. The summed E-state index contributed by atoms with van der Waals surface area (Å²) in [5.41, 5.74) is 5.47. The summed E-state index contributed by atoms with van der Waals surface area (Å²) >= 11 is 0. The Hall–Kier alpha value is -4.51. The molecule has 2 aliphatic heterocycles. The minimum atomic E-state index is -0.624. The van der Waals surface area contributed by atoms with E-state index in [2.05, 4.69) is 43.9 Å². The Kier molecular flexibility index (Phi) is 9.02. The zero-order chi connectivity index (χ0) is 30.5. The number of hydrogen-bond donors (Lipinski definition) is 2. The van der Waals surface area contributed by atoms with E-state index in [1.807, 2.05) is 47.5 Å². The molecule has 9 nitrogen and oxygen atoms in total. The minimum absolute atomic E-state index is 0.102. The van der Waals surface area contributed by atoms with E-state index in [1.165, 1.54) is 18.6 Å². The van der Waals surface area contributed by atoms with Crippen LogP contribution in [0.4, 0.5) is 25.8 Å². The van der Waals surface area contributed by atoms with Crippen LogP contribution in [0, 0.1) is 11.6 Å². The van der Waals surface area contributed by atoms with Crippen molar-refractivity contribution in [2.45, 2.75) is 32.4 Å². The van der Waals surface area contributed by atoms with Gasteiger partial charge in [0.05, 0.1) is 24.0 Å². The molecule has 0 unspecified atom stereocenters. The molecule has 2 aliphatic rings. The minimum Gasteiger partial charge on any atom is -0.381 e. The molecule has 3 heterocycles. The maximum atomic E-state index is 13.7. The highest BCUT2D eigenvalue weighted by atomic mass is 19.1. The second-order valence-electron chi connectivity index (χ2n) is 11.6. The number of piperazine rings is 1. The summed E-state index contributed by atoms with van der Waals surface area (Å²) in [4.78, 5) is 20.3. The number of carbonyl (C=O) groups excluding carboxylic acids is 1. The van der Waals surface area contributed by atoms with Crippen molar-refractivity contribution in [1.29, 1.82) is 0 Å². The first-order chi connectivity index (χ1) is 21.4. The Balaban J connectivity index is 1.13. The molecule has 1 amide bonds. The Morgan fingerprint density at radius 3 is 2.34 bits per heavy atom. The van der Waals surface area contributed by atoms with Crippen molar-refractivity contribution in [2.24, 2.45) is 0 Å². The van der Waals surface area contributed by atoms with E-state index in [-0.39, 0.29) is 5.91 Å². The topological polar surface area (TPSA) is 81.6 Å². The number of nitrogens with zero attached hydrogens (tertiary/aromatic N) is 6. The predicted octanol–water partition coefficient (Wildman–Crippen LogP) is 5.15. The van der Waals surface area contributed by atoms with Crippen LogP contribution >= 0.6 is 0 Å². The van der Waals surface area contributed by atoms with Gasteiger partial charge in [-0.15, -0.1) is 5.10 Å². The van der Waals surface area contributed by atoms with Crippen molar-refractivity contribution in [2.75, 3.05) is 61.8 Å². The van der Waals surface area contributed by atoms with Gasteiger partial charge in [-0.05, 0) is 74.3 Å². The molecule has 4 aromatic rings. The zero-order valence-electron chi connectivity index (χ0n) is 25.0. The number of anilines is 3. The fourth-order valence-corrected chi connectivity index (χ4v) is 5.77. The van der Waals surface area contributed by atoms with Crippen molar-refractivity contribution >= 4 is 23.0 Å². The monoisotopic (exact) mass is 600 g/mol. The van der Waals surface area contributed by atoms with Gasteiger partial charge in [0.15, 0.2) is 0 Å². The van der Waals surface area contributed by atoms with Crippen molar-refractivity contribution in [3.8, 4) is 5.69 Å². The number of likely N-dealkylation sites (tertiary alicyclic amines) is 1. The van der Waals surface area contributed by atoms with Crippen LogP contribution in [0.15, 0.2) is 66.9 Å². The third kappa shape index (κ3) is 7.16. The number of amides is 1. The number of aromatic nitrogens is 3.